The first-order valence-corrected chi connectivity index (χ1v) is 13.9. The summed E-state index contributed by atoms with van der Waals surface area (Å²) in [5.41, 5.74) is 7.17. The van der Waals surface area contributed by atoms with Crippen LogP contribution in [-0.2, 0) is 14.0 Å². The van der Waals surface area contributed by atoms with E-state index < -0.39 is 8.32 Å². The van der Waals surface area contributed by atoms with E-state index in [1.165, 1.54) is 16.7 Å². The Labute approximate surface area is 211 Å². The molecule has 3 heterocycles. The predicted octanol–water partition coefficient (Wildman–Crippen LogP) is 2.53. The van der Waals surface area contributed by atoms with Gasteiger partial charge in [0.1, 0.15) is 24.2 Å². The van der Waals surface area contributed by atoms with E-state index in [1.54, 1.807) is 6.33 Å². The summed E-state index contributed by atoms with van der Waals surface area (Å²) in [5.74, 6) is 5.87. The zero-order valence-electron chi connectivity index (χ0n) is 20.7. The smallest absolute Gasteiger partial charge is 0.261 e. The maximum atomic E-state index is 7.35. The van der Waals surface area contributed by atoms with Crippen molar-refractivity contribution in [1.29, 1.82) is 0 Å². The molecule has 4 N–H and O–H groups in total. The van der Waals surface area contributed by atoms with Crippen LogP contribution < -0.4 is 22.0 Å². The maximum Gasteiger partial charge on any atom is 0.261 e. The summed E-state index contributed by atoms with van der Waals surface area (Å²) in [6, 6.07) is 21.1. The molecule has 4 aromatic rings. The van der Waals surface area contributed by atoms with Crippen molar-refractivity contribution < 1.29 is 14.0 Å². The highest BCUT2D eigenvalue weighted by atomic mass is 28.4. The van der Waals surface area contributed by atoms with Crippen LogP contribution in [0.15, 0.2) is 73.3 Å². The predicted molar refractivity (Wildman–Crippen MR) is 141 cm³/mol. The minimum Gasteiger partial charge on any atom is -0.402 e. The molecule has 0 unspecified atom stereocenters. The molecule has 1 saturated heterocycles. The number of aromatic nitrogens is 4. The van der Waals surface area contributed by atoms with E-state index >= 15 is 0 Å². The zero-order chi connectivity index (χ0) is 25.3. The fraction of sp³-hybridized carbons (Fsp3) is 0.346. The summed E-state index contributed by atoms with van der Waals surface area (Å²) in [7, 11) is -2.81. The number of nitrogens with two attached hydrogens (primary N) is 2. The number of nitrogen functional groups attached to an aromatic ring is 1. The second-order valence-corrected chi connectivity index (χ2v) is 14.4. The van der Waals surface area contributed by atoms with Crippen LogP contribution in [0.3, 0.4) is 0 Å². The fourth-order valence-corrected chi connectivity index (χ4v) is 9.96. The topological polar surface area (TPSA) is 123 Å². The summed E-state index contributed by atoms with van der Waals surface area (Å²) < 4.78 is 15.7. The van der Waals surface area contributed by atoms with E-state index in [9.17, 15) is 0 Å². The maximum absolute atomic E-state index is 7.35. The fourth-order valence-electron chi connectivity index (χ4n) is 5.24. The van der Waals surface area contributed by atoms with Crippen LogP contribution in [0.2, 0.25) is 5.04 Å². The van der Waals surface area contributed by atoms with Gasteiger partial charge in [-0.15, -0.1) is 0 Å². The van der Waals surface area contributed by atoms with Crippen molar-refractivity contribution in [1.82, 2.24) is 19.5 Å². The van der Waals surface area contributed by atoms with Gasteiger partial charge >= 0.3 is 0 Å². The van der Waals surface area contributed by atoms with Crippen molar-refractivity contribution in [3.63, 3.8) is 0 Å². The summed E-state index contributed by atoms with van der Waals surface area (Å²) >= 11 is 0. The Hall–Kier alpha value is -3.15. The van der Waals surface area contributed by atoms with Crippen molar-refractivity contribution >= 4 is 35.7 Å². The lowest BCUT2D eigenvalue weighted by atomic mass is 10.2. The molecule has 2 aromatic carbocycles. The molecule has 0 aliphatic carbocycles. The lowest BCUT2D eigenvalue weighted by Gasteiger charge is -2.45. The van der Waals surface area contributed by atoms with Gasteiger partial charge in [0.05, 0.1) is 19.0 Å². The quantitative estimate of drug-likeness (QED) is 0.291. The third kappa shape index (κ3) is 4.20. The molecule has 0 saturated carbocycles. The molecule has 9 nitrogen and oxygen atoms in total. The van der Waals surface area contributed by atoms with Crippen molar-refractivity contribution in [2.45, 2.75) is 50.7 Å². The molecule has 1 aliphatic rings. The summed E-state index contributed by atoms with van der Waals surface area (Å²) in [4.78, 5) is 17.9. The number of rotatable bonds is 7. The van der Waals surface area contributed by atoms with Gasteiger partial charge in [-0.1, -0.05) is 81.4 Å². The van der Waals surface area contributed by atoms with Gasteiger partial charge < -0.3 is 19.7 Å². The molecular formula is C26H32N6O3Si. The van der Waals surface area contributed by atoms with E-state index in [1.807, 2.05) is 16.7 Å². The van der Waals surface area contributed by atoms with Gasteiger partial charge in [0.15, 0.2) is 11.5 Å². The number of imidazole rings is 1. The first-order valence-electron chi connectivity index (χ1n) is 12.0. The minimum absolute atomic E-state index is 0.175. The molecule has 10 heteroatoms. The lowest BCUT2D eigenvalue weighted by Crippen LogP contribution is -2.68. The van der Waals surface area contributed by atoms with Crippen molar-refractivity contribution in [3.8, 4) is 0 Å². The van der Waals surface area contributed by atoms with Crippen LogP contribution in [0.5, 0.6) is 0 Å². The third-order valence-electron chi connectivity index (χ3n) is 6.88. The van der Waals surface area contributed by atoms with Gasteiger partial charge in [0, 0.05) is 6.42 Å². The molecule has 0 spiro atoms. The van der Waals surface area contributed by atoms with Crippen molar-refractivity contribution in [2.75, 3.05) is 12.3 Å². The van der Waals surface area contributed by atoms with Crippen molar-refractivity contribution in [3.05, 3.63) is 73.3 Å². The SMILES string of the molecule is CC(C)(C)[Si](O[C@H]1C[C@H](n2cnc3c(N)ncnc32)O[C@@H]1CON)(c1ccccc1)c1ccccc1. The Morgan fingerprint density at radius 3 is 2.22 bits per heavy atom. The Morgan fingerprint density at radius 1 is 1.00 bits per heavy atom. The Bertz CT molecular complexity index is 1270. The molecule has 2 aromatic heterocycles. The van der Waals surface area contributed by atoms with Crippen LogP contribution in [0.25, 0.3) is 11.2 Å². The second kappa shape index (κ2) is 9.72. The molecule has 0 amide bonds. The number of ether oxygens (including phenoxy) is 1. The average molecular weight is 505 g/mol. The minimum atomic E-state index is -2.81. The van der Waals surface area contributed by atoms with Gasteiger partial charge in [0.25, 0.3) is 8.32 Å². The number of fused-ring (bicyclic) bond motifs is 1. The van der Waals surface area contributed by atoms with Crippen LogP contribution in [0.4, 0.5) is 5.82 Å². The van der Waals surface area contributed by atoms with Crippen LogP contribution >= 0.6 is 0 Å². The highest BCUT2D eigenvalue weighted by Crippen LogP contribution is 2.41. The highest BCUT2D eigenvalue weighted by molar-refractivity contribution is 6.99. The number of benzene rings is 2. The number of anilines is 1. The Kier molecular flexibility index (Phi) is 6.62. The first kappa shape index (κ1) is 24.5. The first-order chi connectivity index (χ1) is 17.3. The van der Waals surface area contributed by atoms with Gasteiger partial charge in [-0.3, -0.25) is 4.57 Å². The van der Waals surface area contributed by atoms with Crippen LogP contribution in [0.1, 0.15) is 33.4 Å². The highest BCUT2D eigenvalue weighted by Gasteiger charge is 2.54. The number of nitrogens with zero attached hydrogens (tertiary/aromatic N) is 4. The van der Waals surface area contributed by atoms with Crippen LogP contribution in [0, 0.1) is 0 Å². The molecule has 1 aliphatic heterocycles. The van der Waals surface area contributed by atoms with E-state index in [0.29, 0.717) is 23.4 Å². The second-order valence-electron chi connectivity index (χ2n) is 10.1. The van der Waals surface area contributed by atoms with E-state index in [0.717, 1.165) is 0 Å². The number of hydrogen-bond donors (Lipinski definition) is 2. The average Bonchev–Trinajstić information content (AvgIpc) is 3.48. The van der Waals surface area contributed by atoms with E-state index in [-0.39, 0.29) is 30.1 Å². The van der Waals surface area contributed by atoms with E-state index in [2.05, 4.69) is 84.3 Å². The summed E-state index contributed by atoms with van der Waals surface area (Å²) in [6.07, 6.45) is 2.67. The molecule has 36 heavy (non-hydrogen) atoms. The Balaban J connectivity index is 1.58. The summed E-state index contributed by atoms with van der Waals surface area (Å²) in [6.45, 7) is 6.96. The number of hydrogen-bond acceptors (Lipinski definition) is 8. The van der Waals surface area contributed by atoms with Gasteiger partial charge in [0.2, 0.25) is 0 Å². The lowest BCUT2D eigenvalue weighted by molar-refractivity contribution is -0.0595. The van der Waals surface area contributed by atoms with Gasteiger partial charge in [-0.25, -0.2) is 20.8 Å². The molecule has 5 rings (SSSR count). The molecule has 0 radical (unpaired) electrons. The third-order valence-corrected chi connectivity index (χ3v) is 11.9. The standard InChI is InChI=1S/C26H32N6O3Si/c1-26(2,3)36(18-10-6-4-7-11-18,19-12-8-5-9-13-19)35-20-14-22(34-21(20)15-33-28)32-17-31-23-24(27)29-16-30-25(23)32/h4-13,16-17,20-22H,14-15,28H2,1-3H3,(H2,27,29,30)/t20-,21+,22+/m0/s1. The molecule has 1 fully saturated rings. The zero-order valence-corrected chi connectivity index (χ0v) is 21.7. The largest absolute Gasteiger partial charge is 0.402 e. The molecule has 188 valence electrons. The molecular weight excluding hydrogens is 472 g/mol. The molecule has 0 bridgehead atoms. The van der Waals surface area contributed by atoms with E-state index in [4.69, 9.17) is 25.6 Å². The van der Waals surface area contributed by atoms with Crippen molar-refractivity contribution in [2.24, 2.45) is 5.90 Å². The van der Waals surface area contributed by atoms with Gasteiger partial charge in [-0.2, -0.15) is 0 Å². The summed E-state index contributed by atoms with van der Waals surface area (Å²) in [5, 5.41) is 2.23. The Morgan fingerprint density at radius 2 is 1.64 bits per heavy atom. The monoisotopic (exact) mass is 504 g/mol. The van der Waals surface area contributed by atoms with Crippen LogP contribution in [-0.4, -0.2) is 46.7 Å². The normalized spacial score (nSPS) is 20.7. The van der Waals surface area contributed by atoms with Gasteiger partial charge in [-0.05, 0) is 15.4 Å². The molecule has 3 atom stereocenters.